The number of aromatic nitrogens is 2. The summed E-state index contributed by atoms with van der Waals surface area (Å²) in [6.07, 6.45) is 2.92. The Morgan fingerprint density at radius 3 is 3.05 bits per heavy atom. The van der Waals surface area contributed by atoms with Gasteiger partial charge in [0.15, 0.2) is 0 Å². The Morgan fingerprint density at radius 1 is 1.35 bits per heavy atom. The third-order valence-corrected chi connectivity index (χ3v) is 3.62. The van der Waals surface area contributed by atoms with Gasteiger partial charge in [-0.2, -0.15) is 11.3 Å². The number of carbonyl (C=O) groups is 1. The van der Waals surface area contributed by atoms with Crippen LogP contribution in [0.15, 0.2) is 52.2 Å². The number of rotatable bonds is 3. The Bertz CT molecular complexity index is 809. The lowest BCUT2D eigenvalue weighted by Gasteiger charge is -2.05. The maximum atomic E-state index is 12.2. The van der Waals surface area contributed by atoms with Crippen LogP contribution >= 0.6 is 11.3 Å². The zero-order chi connectivity index (χ0) is 13.9. The number of amides is 1. The summed E-state index contributed by atoms with van der Waals surface area (Å²) in [4.78, 5) is 28.4. The summed E-state index contributed by atoms with van der Waals surface area (Å²) in [6, 6.07) is 7.16. The van der Waals surface area contributed by atoms with Gasteiger partial charge in [-0.15, -0.1) is 0 Å². The van der Waals surface area contributed by atoms with E-state index in [2.05, 4.69) is 10.3 Å². The van der Waals surface area contributed by atoms with E-state index in [0.29, 0.717) is 12.2 Å². The number of hydrogen-bond donors (Lipinski definition) is 1. The molecule has 5 nitrogen and oxygen atoms in total. The monoisotopic (exact) mass is 285 g/mol. The number of nitrogens with zero attached hydrogens (tertiary/aromatic N) is 2. The zero-order valence-corrected chi connectivity index (χ0v) is 11.3. The van der Waals surface area contributed by atoms with Gasteiger partial charge in [-0.1, -0.05) is 6.07 Å². The molecule has 3 aromatic heterocycles. The van der Waals surface area contributed by atoms with E-state index in [4.69, 9.17) is 0 Å². The predicted octanol–water partition coefficient (Wildman–Crippen LogP) is 1.69. The molecule has 0 saturated carbocycles. The molecule has 3 aromatic rings. The number of thiophene rings is 1. The van der Waals surface area contributed by atoms with E-state index in [-0.39, 0.29) is 11.1 Å². The lowest BCUT2D eigenvalue weighted by atomic mass is 10.3. The fraction of sp³-hybridized carbons (Fsp3) is 0.0714. The van der Waals surface area contributed by atoms with Crippen LogP contribution in [0.3, 0.4) is 0 Å². The van der Waals surface area contributed by atoms with E-state index >= 15 is 0 Å². The van der Waals surface area contributed by atoms with E-state index < -0.39 is 5.91 Å². The van der Waals surface area contributed by atoms with Crippen molar-refractivity contribution >= 4 is 22.9 Å². The standard InChI is InChI=1S/C14H11N3O2S/c18-13(16-7-10-4-6-20-9-10)11-8-15-12-3-1-2-5-17(12)14(11)19/h1-6,8-9H,7H2,(H,16,18). The number of carbonyl (C=O) groups excluding carboxylic acids is 1. The highest BCUT2D eigenvalue weighted by Gasteiger charge is 2.12. The summed E-state index contributed by atoms with van der Waals surface area (Å²) in [5.74, 6) is -0.410. The molecule has 0 saturated heterocycles. The van der Waals surface area contributed by atoms with Gasteiger partial charge in [-0.25, -0.2) is 4.98 Å². The van der Waals surface area contributed by atoms with Crippen LogP contribution in [0.25, 0.3) is 5.65 Å². The largest absolute Gasteiger partial charge is 0.348 e. The van der Waals surface area contributed by atoms with Crippen molar-refractivity contribution in [1.29, 1.82) is 0 Å². The Morgan fingerprint density at radius 2 is 2.25 bits per heavy atom. The van der Waals surface area contributed by atoms with Gasteiger partial charge in [0.05, 0.1) is 0 Å². The van der Waals surface area contributed by atoms with E-state index in [0.717, 1.165) is 5.56 Å². The fourth-order valence-electron chi connectivity index (χ4n) is 1.85. The molecule has 0 aliphatic rings. The molecular weight excluding hydrogens is 274 g/mol. The lowest BCUT2D eigenvalue weighted by molar-refractivity contribution is 0.0949. The van der Waals surface area contributed by atoms with E-state index in [1.807, 2.05) is 16.8 Å². The summed E-state index contributed by atoms with van der Waals surface area (Å²) in [7, 11) is 0. The van der Waals surface area contributed by atoms with Crippen molar-refractivity contribution in [2.24, 2.45) is 0 Å². The SMILES string of the molecule is O=C(NCc1ccsc1)c1cnc2ccccn2c1=O. The third-order valence-electron chi connectivity index (χ3n) is 2.89. The molecule has 0 aliphatic carbocycles. The number of hydrogen-bond acceptors (Lipinski definition) is 4. The smallest absolute Gasteiger partial charge is 0.270 e. The first-order valence-electron chi connectivity index (χ1n) is 6.01. The van der Waals surface area contributed by atoms with Crippen molar-refractivity contribution in [3.63, 3.8) is 0 Å². The van der Waals surface area contributed by atoms with Crippen molar-refractivity contribution in [1.82, 2.24) is 14.7 Å². The van der Waals surface area contributed by atoms with Gasteiger partial charge in [0, 0.05) is 18.9 Å². The summed E-state index contributed by atoms with van der Waals surface area (Å²) in [6.45, 7) is 0.402. The van der Waals surface area contributed by atoms with Crippen molar-refractivity contribution in [2.45, 2.75) is 6.54 Å². The molecule has 1 N–H and O–H groups in total. The summed E-state index contributed by atoms with van der Waals surface area (Å²) >= 11 is 1.56. The quantitative estimate of drug-likeness (QED) is 0.796. The van der Waals surface area contributed by atoms with Crippen molar-refractivity contribution < 1.29 is 4.79 Å². The normalized spacial score (nSPS) is 10.6. The molecule has 100 valence electrons. The molecule has 0 radical (unpaired) electrons. The van der Waals surface area contributed by atoms with Crippen LogP contribution in [0.5, 0.6) is 0 Å². The molecule has 0 fully saturated rings. The van der Waals surface area contributed by atoms with Crippen molar-refractivity contribution in [2.75, 3.05) is 0 Å². The molecular formula is C14H11N3O2S. The van der Waals surface area contributed by atoms with Crippen LogP contribution in [0.4, 0.5) is 0 Å². The molecule has 0 bridgehead atoms. The molecule has 3 rings (SSSR count). The van der Waals surface area contributed by atoms with Crippen LogP contribution in [-0.4, -0.2) is 15.3 Å². The molecule has 0 unspecified atom stereocenters. The van der Waals surface area contributed by atoms with E-state index in [1.54, 1.807) is 35.7 Å². The predicted molar refractivity (Wildman–Crippen MR) is 77.0 cm³/mol. The Labute approximate surface area is 118 Å². The minimum Gasteiger partial charge on any atom is -0.348 e. The first-order chi connectivity index (χ1) is 9.75. The minimum atomic E-state index is -0.410. The van der Waals surface area contributed by atoms with Gasteiger partial charge >= 0.3 is 0 Å². The van der Waals surface area contributed by atoms with Crippen LogP contribution < -0.4 is 10.9 Å². The van der Waals surface area contributed by atoms with Crippen LogP contribution in [0, 0.1) is 0 Å². The Kier molecular flexibility index (Phi) is 3.30. The topological polar surface area (TPSA) is 63.5 Å². The van der Waals surface area contributed by atoms with Gasteiger partial charge in [0.25, 0.3) is 11.5 Å². The molecule has 0 atom stereocenters. The van der Waals surface area contributed by atoms with Gasteiger partial charge in [-0.05, 0) is 34.5 Å². The van der Waals surface area contributed by atoms with Crippen LogP contribution in [0.1, 0.15) is 15.9 Å². The highest BCUT2D eigenvalue weighted by molar-refractivity contribution is 7.07. The average Bonchev–Trinajstić information content (AvgIpc) is 2.99. The van der Waals surface area contributed by atoms with Gasteiger partial charge < -0.3 is 5.32 Å². The molecule has 1 amide bonds. The molecule has 0 spiro atoms. The van der Waals surface area contributed by atoms with Gasteiger partial charge in [0.2, 0.25) is 0 Å². The highest BCUT2D eigenvalue weighted by atomic mass is 32.1. The summed E-state index contributed by atoms with van der Waals surface area (Å²) < 4.78 is 1.36. The second kappa shape index (κ2) is 5.26. The molecule has 0 aromatic carbocycles. The van der Waals surface area contributed by atoms with E-state index in [9.17, 15) is 9.59 Å². The maximum absolute atomic E-state index is 12.2. The van der Waals surface area contributed by atoms with Gasteiger partial charge in [-0.3, -0.25) is 14.0 Å². The summed E-state index contributed by atoms with van der Waals surface area (Å²) in [5.41, 5.74) is 1.21. The number of nitrogens with one attached hydrogen (secondary N) is 1. The highest BCUT2D eigenvalue weighted by Crippen LogP contribution is 2.05. The van der Waals surface area contributed by atoms with Crippen molar-refractivity contribution in [3.8, 4) is 0 Å². The lowest BCUT2D eigenvalue weighted by Crippen LogP contribution is -2.31. The molecule has 6 heteroatoms. The average molecular weight is 285 g/mol. The molecule has 0 aliphatic heterocycles. The first-order valence-corrected chi connectivity index (χ1v) is 6.95. The minimum absolute atomic E-state index is 0.0453. The summed E-state index contributed by atoms with van der Waals surface area (Å²) in [5, 5.41) is 6.61. The maximum Gasteiger partial charge on any atom is 0.270 e. The van der Waals surface area contributed by atoms with Crippen LogP contribution in [0.2, 0.25) is 0 Å². The zero-order valence-electron chi connectivity index (χ0n) is 10.4. The number of pyridine rings is 1. The Hall–Kier alpha value is -2.47. The number of fused-ring (bicyclic) bond motifs is 1. The first kappa shape index (κ1) is 12.6. The molecule has 20 heavy (non-hydrogen) atoms. The van der Waals surface area contributed by atoms with Crippen LogP contribution in [-0.2, 0) is 6.54 Å². The van der Waals surface area contributed by atoms with E-state index in [1.165, 1.54) is 10.6 Å². The Balaban J connectivity index is 1.88. The second-order valence-electron chi connectivity index (χ2n) is 4.22. The van der Waals surface area contributed by atoms with Gasteiger partial charge in [0.1, 0.15) is 11.2 Å². The third kappa shape index (κ3) is 2.33. The van der Waals surface area contributed by atoms with Crippen molar-refractivity contribution in [3.05, 3.63) is 68.9 Å². The molecule has 3 heterocycles. The fourth-order valence-corrected chi connectivity index (χ4v) is 2.52. The second-order valence-corrected chi connectivity index (χ2v) is 5.00.